The lowest BCUT2D eigenvalue weighted by atomic mass is 10.1. The number of ketones is 1. The van der Waals surface area contributed by atoms with Gasteiger partial charge >= 0.3 is 5.97 Å². The van der Waals surface area contributed by atoms with Crippen molar-refractivity contribution in [2.75, 3.05) is 19.5 Å². The quantitative estimate of drug-likeness (QED) is 0.267. The van der Waals surface area contributed by atoms with E-state index in [0.717, 1.165) is 0 Å². The van der Waals surface area contributed by atoms with Crippen LogP contribution in [-0.4, -0.2) is 38.0 Å². The van der Waals surface area contributed by atoms with E-state index in [1.807, 2.05) is 12.1 Å². The first kappa shape index (κ1) is 26.3. The summed E-state index contributed by atoms with van der Waals surface area (Å²) in [6, 6.07) is 20.8. The summed E-state index contributed by atoms with van der Waals surface area (Å²) >= 11 is 0. The molecule has 3 aromatic rings. The average molecular weight is 492 g/mol. The van der Waals surface area contributed by atoms with Gasteiger partial charge in [-0.25, -0.2) is 0 Å². The first-order valence-corrected chi connectivity index (χ1v) is 11.5. The number of methoxy groups -OCH3 is 2. The first-order chi connectivity index (χ1) is 17.4. The minimum atomic E-state index is -0.920. The third-order valence-electron chi connectivity index (χ3n) is 5.27. The molecule has 36 heavy (non-hydrogen) atoms. The summed E-state index contributed by atoms with van der Waals surface area (Å²) < 4.78 is 21.4. The number of carbonyl (C=O) groups excluding carboxylic acids is 3. The molecule has 3 aromatic carbocycles. The van der Waals surface area contributed by atoms with Gasteiger partial charge in [-0.2, -0.15) is 0 Å². The van der Waals surface area contributed by atoms with Gasteiger partial charge in [0.2, 0.25) is 11.7 Å². The van der Waals surface area contributed by atoms with E-state index < -0.39 is 12.1 Å². The summed E-state index contributed by atoms with van der Waals surface area (Å²) in [5, 5.41) is 2.78. The Kier molecular flexibility index (Phi) is 9.45. The minimum Gasteiger partial charge on any atom is -0.497 e. The van der Waals surface area contributed by atoms with Gasteiger partial charge in [0.25, 0.3) is 0 Å². The van der Waals surface area contributed by atoms with Gasteiger partial charge in [-0.05, 0) is 74.0 Å². The van der Waals surface area contributed by atoms with E-state index in [4.69, 9.17) is 18.9 Å². The molecule has 0 fully saturated rings. The molecule has 0 bridgehead atoms. The van der Waals surface area contributed by atoms with Gasteiger partial charge in [0.15, 0.2) is 17.6 Å². The number of nitrogens with one attached hydrogen (secondary N) is 1. The van der Waals surface area contributed by atoms with Gasteiger partial charge in [-0.1, -0.05) is 12.1 Å². The highest BCUT2D eigenvalue weighted by atomic mass is 16.5. The fourth-order valence-corrected chi connectivity index (χ4v) is 3.35. The maximum atomic E-state index is 12.4. The highest BCUT2D eigenvalue weighted by Gasteiger charge is 2.19. The van der Waals surface area contributed by atoms with Crippen LogP contribution >= 0.6 is 0 Å². The molecule has 0 aliphatic rings. The van der Waals surface area contributed by atoms with Crippen molar-refractivity contribution >= 4 is 23.3 Å². The number of benzene rings is 3. The van der Waals surface area contributed by atoms with Gasteiger partial charge in [0.1, 0.15) is 11.5 Å². The molecule has 0 aromatic heterocycles. The smallest absolute Gasteiger partial charge is 0.306 e. The van der Waals surface area contributed by atoms with Crippen molar-refractivity contribution in [3.8, 4) is 23.0 Å². The molecule has 1 N–H and O–H groups in total. The summed E-state index contributed by atoms with van der Waals surface area (Å²) in [5.74, 6) is 1.36. The molecule has 188 valence electrons. The summed E-state index contributed by atoms with van der Waals surface area (Å²) in [4.78, 5) is 36.8. The lowest BCUT2D eigenvalue weighted by Gasteiger charge is -2.13. The van der Waals surface area contributed by atoms with Crippen molar-refractivity contribution < 1.29 is 33.3 Å². The second-order valence-electron chi connectivity index (χ2n) is 7.90. The van der Waals surface area contributed by atoms with Crippen LogP contribution < -0.4 is 19.5 Å². The van der Waals surface area contributed by atoms with Gasteiger partial charge in [-0.3, -0.25) is 14.4 Å². The van der Waals surface area contributed by atoms with Gasteiger partial charge in [-0.15, -0.1) is 0 Å². The maximum absolute atomic E-state index is 12.4. The Balaban J connectivity index is 1.39. The molecular formula is C28H29NO7. The van der Waals surface area contributed by atoms with Crippen LogP contribution in [0, 0.1) is 0 Å². The SMILES string of the molecule is COc1ccc(C(=O)C(C)OC(=O)CCCC(=O)Nc2ccc(Oc3ccccc3OC)cc2)cc1. The molecule has 0 heterocycles. The lowest BCUT2D eigenvalue weighted by molar-refractivity contribution is -0.146. The second kappa shape index (κ2) is 12.9. The zero-order chi connectivity index (χ0) is 25.9. The summed E-state index contributed by atoms with van der Waals surface area (Å²) in [6.07, 6.45) is -0.464. The Morgan fingerprint density at radius 3 is 2.06 bits per heavy atom. The molecule has 8 heteroatoms. The molecule has 0 radical (unpaired) electrons. The number of Topliss-reactive ketones (excluding diaryl/α,β-unsaturated/α-hetero) is 1. The van der Waals surface area contributed by atoms with Crippen LogP contribution in [-0.2, 0) is 14.3 Å². The Hall–Kier alpha value is -4.33. The zero-order valence-corrected chi connectivity index (χ0v) is 20.5. The molecule has 0 saturated carbocycles. The third-order valence-corrected chi connectivity index (χ3v) is 5.27. The van der Waals surface area contributed by atoms with Crippen molar-refractivity contribution in [1.29, 1.82) is 0 Å². The maximum Gasteiger partial charge on any atom is 0.306 e. The number of carbonyl (C=O) groups is 3. The molecule has 0 saturated heterocycles. The third kappa shape index (κ3) is 7.59. The van der Waals surface area contributed by atoms with Crippen molar-refractivity contribution in [2.45, 2.75) is 32.3 Å². The summed E-state index contributed by atoms with van der Waals surface area (Å²) in [5.41, 5.74) is 1.03. The van der Waals surface area contributed by atoms with E-state index >= 15 is 0 Å². The van der Waals surface area contributed by atoms with Crippen molar-refractivity contribution in [3.05, 3.63) is 78.4 Å². The van der Waals surface area contributed by atoms with E-state index in [-0.39, 0.29) is 24.5 Å². The summed E-state index contributed by atoms with van der Waals surface area (Å²) in [6.45, 7) is 1.53. The Morgan fingerprint density at radius 2 is 1.42 bits per heavy atom. The topological polar surface area (TPSA) is 100 Å². The Bertz CT molecular complexity index is 1170. The second-order valence-corrected chi connectivity index (χ2v) is 7.90. The van der Waals surface area contributed by atoms with Crippen LogP contribution in [0.15, 0.2) is 72.8 Å². The predicted octanol–water partition coefficient (Wildman–Crippen LogP) is 5.42. The molecule has 1 unspecified atom stereocenters. The zero-order valence-electron chi connectivity index (χ0n) is 20.5. The lowest BCUT2D eigenvalue weighted by Crippen LogP contribution is -2.24. The monoisotopic (exact) mass is 491 g/mol. The van der Waals surface area contributed by atoms with E-state index in [9.17, 15) is 14.4 Å². The molecule has 8 nitrogen and oxygen atoms in total. The van der Waals surface area contributed by atoms with E-state index in [1.54, 1.807) is 67.8 Å². The minimum absolute atomic E-state index is 0.0271. The molecule has 1 amide bonds. The van der Waals surface area contributed by atoms with Crippen LogP contribution in [0.2, 0.25) is 0 Å². The molecule has 0 spiro atoms. The highest BCUT2D eigenvalue weighted by molar-refractivity contribution is 6.00. The number of ether oxygens (including phenoxy) is 4. The van der Waals surface area contributed by atoms with Crippen LogP contribution in [0.5, 0.6) is 23.0 Å². The summed E-state index contributed by atoms with van der Waals surface area (Å²) in [7, 11) is 3.11. The van der Waals surface area contributed by atoms with Crippen LogP contribution in [0.3, 0.4) is 0 Å². The fraction of sp³-hybridized carbons (Fsp3) is 0.250. The number of esters is 1. The fourth-order valence-electron chi connectivity index (χ4n) is 3.35. The number of hydrogen-bond donors (Lipinski definition) is 1. The number of amides is 1. The Morgan fingerprint density at radius 1 is 0.778 bits per heavy atom. The van der Waals surface area contributed by atoms with E-state index in [1.165, 1.54) is 14.0 Å². The number of para-hydroxylation sites is 2. The van der Waals surface area contributed by atoms with Gasteiger partial charge < -0.3 is 24.3 Å². The normalized spacial score (nSPS) is 11.2. The van der Waals surface area contributed by atoms with Crippen LogP contribution in [0.4, 0.5) is 5.69 Å². The van der Waals surface area contributed by atoms with Gasteiger partial charge in [0.05, 0.1) is 14.2 Å². The molecule has 0 aliphatic heterocycles. The number of hydrogen-bond acceptors (Lipinski definition) is 7. The highest BCUT2D eigenvalue weighted by Crippen LogP contribution is 2.31. The van der Waals surface area contributed by atoms with E-state index in [2.05, 4.69) is 5.32 Å². The standard InChI is InChI=1S/C28H29NO7/c1-19(28(32)20-11-15-22(33-2)16-12-20)35-27(31)10-6-9-26(30)29-21-13-17-23(18-14-21)36-25-8-5-4-7-24(25)34-3/h4-5,7-8,11-19H,6,9-10H2,1-3H3,(H,29,30). The van der Waals surface area contributed by atoms with Gasteiger partial charge in [0, 0.05) is 24.1 Å². The predicted molar refractivity (Wildman–Crippen MR) is 135 cm³/mol. The van der Waals surface area contributed by atoms with Crippen LogP contribution in [0.1, 0.15) is 36.5 Å². The molecule has 0 aliphatic carbocycles. The van der Waals surface area contributed by atoms with Crippen molar-refractivity contribution in [1.82, 2.24) is 0 Å². The largest absolute Gasteiger partial charge is 0.497 e. The average Bonchev–Trinajstić information content (AvgIpc) is 2.89. The number of anilines is 1. The van der Waals surface area contributed by atoms with E-state index in [0.29, 0.717) is 40.7 Å². The molecule has 1 atom stereocenters. The van der Waals surface area contributed by atoms with Crippen LogP contribution in [0.25, 0.3) is 0 Å². The van der Waals surface area contributed by atoms with Crippen molar-refractivity contribution in [3.63, 3.8) is 0 Å². The molecule has 3 rings (SSSR count). The number of rotatable bonds is 12. The van der Waals surface area contributed by atoms with Crippen molar-refractivity contribution in [2.24, 2.45) is 0 Å². The molecular weight excluding hydrogens is 462 g/mol. The Labute approximate surface area is 210 Å². The first-order valence-electron chi connectivity index (χ1n) is 11.5.